The largest absolute Gasteiger partial charge is 0.343 e. The minimum absolute atomic E-state index is 0.248. The minimum atomic E-state index is -0.248. The van der Waals surface area contributed by atoms with E-state index in [2.05, 4.69) is 16.9 Å². The van der Waals surface area contributed by atoms with Crippen LogP contribution in [0.5, 0.6) is 0 Å². The molecule has 0 fully saturated rings. The highest BCUT2D eigenvalue weighted by atomic mass is 19.1. The molecule has 0 spiro atoms. The van der Waals surface area contributed by atoms with Crippen LogP contribution in [0.3, 0.4) is 0 Å². The van der Waals surface area contributed by atoms with E-state index in [-0.39, 0.29) is 5.82 Å². The molecule has 2 aromatic rings. The molecule has 1 N–H and O–H groups in total. The molecule has 0 radical (unpaired) electrons. The van der Waals surface area contributed by atoms with E-state index in [1.807, 2.05) is 58.9 Å². The Balaban J connectivity index is 2.39. The molecule has 0 atom stereocenters. The van der Waals surface area contributed by atoms with Crippen molar-refractivity contribution in [2.75, 3.05) is 0 Å². The van der Waals surface area contributed by atoms with Gasteiger partial charge in [-0.2, -0.15) is 0 Å². The van der Waals surface area contributed by atoms with Gasteiger partial charge in [0.2, 0.25) is 0 Å². The number of aliphatic imine (C=N–C) groups is 2. The predicted octanol–water partition coefficient (Wildman–Crippen LogP) is 6.26. The van der Waals surface area contributed by atoms with Crippen molar-refractivity contribution in [2.24, 2.45) is 9.98 Å². The maximum Gasteiger partial charge on any atom is 0.123 e. The Morgan fingerprint density at radius 1 is 1.15 bits per heavy atom. The van der Waals surface area contributed by atoms with Gasteiger partial charge in [0.05, 0.1) is 17.1 Å². The summed E-state index contributed by atoms with van der Waals surface area (Å²) in [6.45, 7) is 13.7. The highest BCUT2D eigenvalue weighted by Gasteiger charge is 2.10. The highest BCUT2D eigenvalue weighted by molar-refractivity contribution is 5.87. The molecule has 0 bridgehead atoms. The van der Waals surface area contributed by atoms with E-state index in [0.717, 1.165) is 33.6 Å². The molecule has 0 unspecified atom stereocenters. The van der Waals surface area contributed by atoms with Crippen LogP contribution in [0.15, 0.2) is 70.4 Å². The molecule has 0 heterocycles. The van der Waals surface area contributed by atoms with Gasteiger partial charge in [-0.3, -0.25) is 4.99 Å². The molecule has 0 saturated heterocycles. The van der Waals surface area contributed by atoms with Crippen LogP contribution >= 0.6 is 0 Å². The average Bonchev–Trinajstić information content (AvgIpc) is 2.63. The van der Waals surface area contributed by atoms with E-state index in [1.165, 1.54) is 6.07 Å². The normalized spacial score (nSPS) is 12.5. The molecule has 0 saturated carbocycles. The quantitative estimate of drug-likeness (QED) is 0.380. The van der Waals surface area contributed by atoms with Gasteiger partial charge in [-0.05, 0) is 69.0 Å². The number of aryl methyl sites for hydroxylation is 1. The van der Waals surface area contributed by atoms with E-state index >= 15 is 0 Å². The second-order valence-electron chi connectivity index (χ2n) is 6.28. The smallest absolute Gasteiger partial charge is 0.123 e. The first-order valence-corrected chi connectivity index (χ1v) is 8.90. The average molecular weight is 363 g/mol. The van der Waals surface area contributed by atoms with Crippen LogP contribution in [0.4, 0.5) is 10.1 Å². The Bertz CT molecular complexity index is 937. The Labute approximate surface area is 161 Å². The van der Waals surface area contributed by atoms with Crippen molar-refractivity contribution in [1.29, 1.82) is 0 Å². The van der Waals surface area contributed by atoms with Crippen molar-refractivity contribution in [2.45, 2.75) is 34.6 Å². The number of nitrogens with zero attached hydrogens (tertiary/aromatic N) is 2. The minimum Gasteiger partial charge on any atom is -0.343 e. The Morgan fingerprint density at radius 2 is 1.89 bits per heavy atom. The second kappa shape index (κ2) is 9.08. The summed E-state index contributed by atoms with van der Waals surface area (Å²) < 4.78 is 13.6. The molecule has 0 aliphatic rings. The summed E-state index contributed by atoms with van der Waals surface area (Å²) in [6.07, 6.45) is 3.62. The van der Waals surface area contributed by atoms with Crippen molar-refractivity contribution in [3.05, 3.63) is 77.4 Å². The molecular weight excluding hydrogens is 337 g/mol. The first-order valence-electron chi connectivity index (χ1n) is 8.90. The fourth-order valence-corrected chi connectivity index (χ4v) is 2.92. The summed E-state index contributed by atoms with van der Waals surface area (Å²) in [6, 6.07) is 10.6. The molecule has 140 valence electrons. The van der Waals surface area contributed by atoms with Gasteiger partial charge in [0, 0.05) is 6.21 Å². The zero-order valence-corrected chi connectivity index (χ0v) is 16.6. The molecule has 27 heavy (non-hydrogen) atoms. The van der Waals surface area contributed by atoms with Crippen LogP contribution in [0.1, 0.15) is 31.9 Å². The standard InChI is InChI=1S/C23H26FN3/c1-7-22(25-8-2)17(5)26-18(6)27-23-15(3)12-13-21(16(23)4)19-10-9-11-20(24)14-19/h7-14H,5H2,1-4,6H3,(H,26,27)/b22-7-,25-8-. The second-order valence-corrected chi connectivity index (χ2v) is 6.28. The number of amidine groups is 1. The van der Waals surface area contributed by atoms with Gasteiger partial charge in [0.15, 0.2) is 0 Å². The van der Waals surface area contributed by atoms with Crippen molar-refractivity contribution in [1.82, 2.24) is 5.32 Å². The van der Waals surface area contributed by atoms with Crippen LogP contribution in [0.2, 0.25) is 0 Å². The van der Waals surface area contributed by atoms with Gasteiger partial charge in [-0.15, -0.1) is 0 Å². The van der Waals surface area contributed by atoms with Crippen LogP contribution in [0, 0.1) is 19.7 Å². The fraction of sp³-hybridized carbons (Fsp3) is 0.217. The summed E-state index contributed by atoms with van der Waals surface area (Å²) in [4.78, 5) is 9.04. The number of allylic oxidation sites excluding steroid dienone is 1. The lowest BCUT2D eigenvalue weighted by molar-refractivity contribution is 0.628. The third kappa shape index (κ3) is 5.00. The van der Waals surface area contributed by atoms with E-state index in [9.17, 15) is 4.39 Å². The number of hydrogen-bond acceptors (Lipinski definition) is 2. The Morgan fingerprint density at radius 3 is 2.52 bits per heavy atom. The van der Waals surface area contributed by atoms with Gasteiger partial charge < -0.3 is 5.32 Å². The van der Waals surface area contributed by atoms with E-state index in [4.69, 9.17) is 4.99 Å². The van der Waals surface area contributed by atoms with Gasteiger partial charge in [-0.1, -0.05) is 36.9 Å². The third-order valence-corrected chi connectivity index (χ3v) is 4.23. The van der Waals surface area contributed by atoms with Crippen LogP contribution in [-0.4, -0.2) is 12.1 Å². The van der Waals surface area contributed by atoms with Crippen molar-refractivity contribution >= 4 is 17.7 Å². The zero-order chi connectivity index (χ0) is 20.0. The zero-order valence-electron chi connectivity index (χ0n) is 16.6. The monoisotopic (exact) mass is 363 g/mol. The van der Waals surface area contributed by atoms with E-state index in [1.54, 1.807) is 18.3 Å². The molecule has 0 amide bonds. The summed E-state index contributed by atoms with van der Waals surface area (Å²) in [5.41, 5.74) is 6.20. The lowest BCUT2D eigenvalue weighted by Gasteiger charge is -2.14. The van der Waals surface area contributed by atoms with Gasteiger partial charge >= 0.3 is 0 Å². The van der Waals surface area contributed by atoms with Crippen LogP contribution in [-0.2, 0) is 0 Å². The maximum absolute atomic E-state index is 13.6. The number of rotatable bonds is 5. The van der Waals surface area contributed by atoms with E-state index < -0.39 is 0 Å². The number of nitrogens with one attached hydrogen (secondary N) is 1. The van der Waals surface area contributed by atoms with Crippen LogP contribution in [0.25, 0.3) is 11.1 Å². The van der Waals surface area contributed by atoms with Crippen molar-refractivity contribution in [3.8, 4) is 11.1 Å². The van der Waals surface area contributed by atoms with Crippen molar-refractivity contribution < 1.29 is 4.39 Å². The summed E-state index contributed by atoms with van der Waals surface area (Å²) in [7, 11) is 0. The van der Waals surface area contributed by atoms with Crippen molar-refractivity contribution in [3.63, 3.8) is 0 Å². The molecular formula is C23H26FN3. The summed E-state index contributed by atoms with van der Waals surface area (Å²) >= 11 is 0. The molecule has 0 aliphatic carbocycles. The third-order valence-electron chi connectivity index (χ3n) is 4.23. The van der Waals surface area contributed by atoms with Gasteiger partial charge in [0.1, 0.15) is 11.7 Å². The summed E-state index contributed by atoms with van der Waals surface area (Å²) in [5, 5.41) is 3.20. The maximum atomic E-state index is 13.6. The Kier molecular flexibility index (Phi) is 6.83. The first kappa shape index (κ1) is 20.3. The number of benzene rings is 2. The van der Waals surface area contributed by atoms with Crippen LogP contribution < -0.4 is 5.32 Å². The molecule has 0 aromatic heterocycles. The fourth-order valence-electron chi connectivity index (χ4n) is 2.92. The SMILES string of the molecule is C=C(N/C(C)=N/c1c(C)ccc(-c2cccc(F)c2)c1C)C(=C/C)/N=C\C. The molecule has 2 aromatic carbocycles. The topological polar surface area (TPSA) is 36.8 Å². The molecule has 3 nitrogen and oxygen atoms in total. The predicted molar refractivity (Wildman–Crippen MR) is 114 cm³/mol. The number of halogens is 1. The summed E-state index contributed by atoms with van der Waals surface area (Å²) in [5.74, 6) is 0.468. The first-order chi connectivity index (χ1) is 12.9. The lowest BCUT2D eigenvalue weighted by atomic mass is 9.97. The Hall–Kier alpha value is -3.01. The number of hydrogen-bond donors (Lipinski definition) is 1. The molecule has 0 aliphatic heterocycles. The van der Waals surface area contributed by atoms with E-state index in [0.29, 0.717) is 11.5 Å². The molecule has 4 heteroatoms. The highest BCUT2D eigenvalue weighted by Crippen LogP contribution is 2.33. The van der Waals surface area contributed by atoms with Gasteiger partial charge in [0.25, 0.3) is 0 Å². The molecule has 2 rings (SSSR count). The lowest BCUT2D eigenvalue weighted by Crippen LogP contribution is -2.19. The van der Waals surface area contributed by atoms with Gasteiger partial charge in [-0.25, -0.2) is 9.38 Å².